The van der Waals surface area contributed by atoms with Gasteiger partial charge in [-0.25, -0.2) is 8.42 Å². The molecule has 0 amide bonds. The van der Waals surface area contributed by atoms with E-state index >= 15 is 0 Å². The van der Waals surface area contributed by atoms with E-state index in [1.165, 1.54) is 0 Å². The first-order valence-corrected chi connectivity index (χ1v) is 10.2. The number of aryl methyl sites for hydroxylation is 1. The van der Waals surface area contributed by atoms with E-state index in [0.29, 0.717) is 18.0 Å². The molecule has 1 fully saturated rings. The van der Waals surface area contributed by atoms with E-state index in [1.807, 2.05) is 37.3 Å². The Balaban J connectivity index is 1.81. The van der Waals surface area contributed by atoms with E-state index in [9.17, 15) is 13.2 Å². The average Bonchev–Trinajstić information content (AvgIpc) is 2.62. The highest BCUT2D eigenvalue weighted by atomic mass is 32.2. The molecule has 0 saturated carbocycles. The Hall–Kier alpha value is -2.18. The van der Waals surface area contributed by atoms with Crippen LogP contribution in [0.2, 0.25) is 0 Å². The number of carboxylic acids is 1. The first-order valence-electron chi connectivity index (χ1n) is 8.74. The summed E-state index contributed by atoms with van der Waals surface area (Å²) in [5.41, 5.74) is 2.77. The van der Waals surface area contributed by atoms with Crippen LogP contribution in [0.1, 0.15) is 35.4 Å². The van der Waals surface area contributed by atoms with Crippen molar-refractivity contribution in [2.24, 2.45) is 0 Å². The molecule has 138 valence electrons. The zero-order valence-corrected chi connectivity index (χ0v) is 15.6. The van der Waals surface area contributed by atoms with Gasteiger partial charge in [0, 0.05) is 13.1 Å². The molecule has 0 aliphatic carbocycles. The SMILES string of the molecule is Cc1ccc(S(=O)(=O)N2CCCC(c3cccc(CC(=O)O)c3)C2)cc1. The first-order chi connectivity index (χ1) is 12.4. The number of carbonyl (C=O) groups is 1. The molecule has 2 aromatic rings. The Labute approximate surface area is 154 Å². The lowest BCUT2D eigenvalue weighted by Gasteiger charge is -2.32. The van der Waals surface area contributed by atoms with Crippen LogP contribution in [0.25, 0.3) is 0 Å². The van der Waals surface area contributed by atoms with Crippen molar-refractivity contribution in [2.75, 3.05) is 13.1 Å². The Bertz CT molecular complexity index is 890. The monoisotopic (exact) mass is 373 g/mol. The van der Waals surface area contributed by atoms with Gasteiger partial charge >= 0.3 is 5.97 Å². The number of rotatable bonds is 5. The summed E-state index contributed by atoms with van der Waals surface area (Å²) >= 11 is 0. The predicted octanol–water partition coefficient (Wildman–Crippen LogP) is 3.19. The van der Waals surface area contributed by atoms with Gasteiger partial charge < -0.3 is 5.11 Å². The fourth-order valence-electron chi connectivity index (χ4n) is 3.42. The lowest BCUT2D eigenvalue weighted by atomic mass is 9.90. The third-order valence-corrected chi connectivity index (χ3v) is 6.70. The molecule has 1 heterocycles. The van der Waals surface area contributed by atoms with E-state index in [4.69, 9.17) is 5.11 Å². The van der Waals surface area contributed by atoms with E-state index in [1.54, 1.807) is 22.5 Å². The number of aliphatic carboxylic acids is 1. The van der Waals surface area contributed by atoms with Gasteiger partial charge in [0.25, 0.3) is 0 Å². The summed E-state index contributed by atoms with van der Waals surface area (Å²) < 4.78 is 27.4. The van der Waals surface area contributed by atoms with Crippen molar-refractivity contribution in [1.29, 1.82) is 0 Å². The standard InChI is InChI=1S/C20H23NO4S/c1-15-7-9-19(10-8-15)26(24,25)21-11-3-6-18(14-21)17-5-2-4-16(12-17)13-20(22)23/h2,4-5,7-10,12,18H,3,6,11,13-14H2,1H3,(H,22,23). The van der Waals surface area contributed by atoms with Crippen LogP contribution >= 0.6 is 0 Å². The lowest BCUT2D eigenvalue weighted by molar-refractivity contribution is -0.136. The normalized spacial score (nSPS) is 18.6. The Kier molecular flexibility index (Phi) is 5.44. The maximum absolute atomic E-state index is 12.9. The third kappa shape index (κ3) is 4.14. The van der Waals surface area contributed by atoms with Gasteiger partial charge in [-0.3, -0.25) is 4.79 Å². The van der Waals surface area contributed by atoms with Gasteiger partial charge in [0.15, 0.2) is 0 Å². The Morgan fingerprint density at radius 1 is 1.19 bits per heavy atom. The molecular weight excluding hydrogens is 350 g/mol. The molecule has 0 bridgehead atoms. The highest BCUT2D eigenvalue weighted by Crippen LogP contribution is 2.30. The van der Waals surface area contributed by atoms with E-state index < -0.39 is 16.0 Å². The minimum Gasteiger partial charge on any atom is -0.481 e. The minimum absolute atomic E-state index is 0.0219. The molecule has 6 heteroatoms. The third-order valence-electron chi connectivity index (χ3n) is 4.82. The van der Waals surface area contributed by atoms with E-state index in [2.05, 4.69) is 0 Å². The number of carboxylic acid groups (broad SMARTS) is 1. The molecule has 1 unspecified atom stereocenters. The molecular formula is C20H23NO4S. The molecule has 0 spiro atoms. The fourth-order valence-corrected chi connectivity index (χ4v) is 4.95. The summed E-state index contributed by atoms with van der Waals surface area (Å²) in [6, 6.07) is 14.4. The molecule has 1 aliphatic heterocycles. The quantitative estimate of drug-likeness (QED) is 0.873. The van der Waals surface area contributed by atoms with Crippen molar-refractivity contribution < 1.29 is 18.3 Å². The highest BCUT2D eigenvalue weighted by Gasteiger charge is 2.30. The second-order valence-corrected chi connectivity index (χ2v) is 8.77. The molecule has 1 aliphatic rings. The number of sulfonamides is 1. The van der Waals surface area contributed by atoms with Crippen LogP contribution in [0.5, 0.6) is 0 Å². The van der Waals surface area contributed by atoms with Gasteiger partial charge in [0.05, 0.1) is 11.3 Å². The number of piperidine rings is 1. The molecule has 3 rings (SSSR count). The Morgan fingerprint density at radius 2 is 1.92 bits per heavy atom. The zero-order valence-electron chi connectivity index (χ0n) is 14.8. The largest absolute Gasteiger partial charge is 0.481 e. The maximum Gasteiger partial charge on any atom is 0.307 e. The smallest absolute Gasteiger partial charge is 0.307 e. The van der Waals surface area contributed by atoms with Crippen molar-refractivity contribution in [2.45, 2.75) is 37.0 Å². The van der Waals surface area contributed by atoms with Crippen molar-refractivity contribution in [3.63, 3.8) is 0 Å². The molecule has 1 N–H and O–H groups in total. The summed E-state index contributed by atoms with van der Waals surface area (Å²) in [4.78, 5) is 11.3. The Morgan fingerprint density at radius 3 is 2.62 bits per heavy atom. The molecule has 1 saturated heterocycles. The summed E-state index contributed by atoms with van der Waals surface area (Å²) in [7, 11) is -3.51. The van der Waals surface area contributed by atoms with Gasteiger partial charge in [-0.05, 0) is 48.9 Å². The summed E-state index contributed by atoms with van der Waals surface area (Å²) in [5.74, 6) is -0.785. The van der Waals surface area contributed by atoms with Gasteiger partial charge in [-0.2, -0.15) is 4.31 Å². The van der Waals surface area contributed by atoms with Crippen LogP contribution in [0, 0.1) is 6.92 Å². The van der Waals surface area contributed by atoms with Crippen molar-refractivity contribution in [1.82, 2.24) is 4.31 Å². The molecule has 1 atom stereocenters. The molecule has 0 aromatic heterocycles. The predicted molar refractivity (Wildman–Crippen MR) is 99.7 cm³/mol. The van der Waals surface area contributed by atoms with Gasteiger partial charge in [0.2, 0.25) is 10.0 Å². The van der Waals surface area contributed by atoms with Crippen LogP contribution in [0.3, 0.4) is 0 Å². The van der Waals surface area contributed by atoms with Crippen LogP contribution in [0.15, 0.2) is 53.4 Å². The van der Waals surface area contributed by atoms with Crippen molar-refractivity contribution in [3.8, 4) is 0 Å². The number of hydrogen-bond acceptors (Lipinski definition) is 3. The zero-order chi connectivity index (χ0) is 18.7. The maximum atomic E-state index is 12.9. The summed E-state index contributed by atoms with van der Waals surface area (Å²) in [5, 5.41) is 8.97. The average molecular weight is 373 g/mol. The van der Waals surface area contributed by atoms with Crippen molar-refractivity contribution in [3.05, 3.63) is 65.2 Å². The summed E-state index contributed by atoms with van der Waals surface area (Å²) in [6.07, 6.45) is 1.67. The lowest BCUT2D eigenvalue weighted by Crippen LogP contribution is -2.39. The summed E-state index contributed by atoms with van der Waals surface area (Å²) in [6.45, 7) is 2.87. The number of hydrogen-bond donors (Lipinski definition) is 1. The number of benzene rings is 2. The highest BCUT2D eigenvalue weighted by molar-refractivity contribution is 7.89. The van der Waals surface area contributed by atoms with Crippen LogP contribution in [0.4, 0.5) is 0 Å². The van der Waals surface area contributed by atoms with Crippen LogP contribution < -0.4 is 0 Å². The fraction of sp³-hybridized carbons (Fsp3) is 0.350. The second-order valence-electron chi connectivity index (χ2n) is 6.83. The molecule has 26 heavy (non-hydrogen) atoms. The topological polar surface area (TPSA) is 74.7 Å². The van der Waals surface area contributed by atoms with Crippen LogP contribution in [-0.2, 0) is 21.2 Å². The minimum atomic E-state index is -3.51. The van der Waals surface area contributed by atoms with Crippen LogP contribution in [-0.4, -0.2) is 36.9 Å². The first kappa shape index (κ1) is 18.6. The molecule has 5 nitrogen and oxygen atoms in total. The molecule has 0 radical (unpaired) electrons. The van der Waals surface area contributed by atoms with Gasteiger partial charge in [-0.1, -0.05) is 42.0 Å². The van der Waals surface area contributed by atoms with E-state index in [0.717, 1.165) is 29.5 Å². The second kappa shape index (κ2) is 7.60. The van der Waals surface area contributed by atoms with Gasteiger partial charge in [-0.15, -0.1) is 0 Å². The van der Waals surface area contributed by atoms with Crippen molar-refractivity contribution >= 4 is 16.0 Å². The van der Waals surface area contributed by atoms with E-state index in [-0.39, 0.29) is 12.3 Å². The number of nitrogens with zero attached hydrogens (tertiary/aromatic N) is 1. The van der Waals surface area contributed by atoms with Gasteiger partial charge in [0.1, 0.15) is 0 Å². The molecule has 2 aromatic carbocycles.